The smallest absolute Gasteiger partial charge is 0.340 e. The van der Waals surface area contributed by atoms with Gasteiger partial charge in [0.05, 0.1) is 12.2 Å². The van der Waals surface area contributed by atoms with Gasteiger partial charge in [0.2, 0.25) is 0 Å². The number of nitrogens with zero attached hydrogens (tertiary/aromatic N) is 3. The van der Waals surface area contributed by atoms with Crippen molar-refractivity contribution in [3.05, 3.63) is 82.9 Å². The van der Waals surface area contributed by atoms with Gasteiger partial charge in [-0.2, -0.15) is 0 Å². The number of hydrogen-bond acceptors (Lipinski definition) is 6. The molecule has 0 fully saturated rings. The van der Waals surface area contributed by atoms with Gasteiger partial charge in [0.15, 0.2) is 5.60 Å². The Morgan fingerprint density at radius 1 is 0.750 bits per heavy atom. The summed E-state index contributed by atoms with van der Waals surface area (Å²) in [6.07, 6.45) is 0. The molecule has 1 unspecified atom stereocenters. The monoisotopic (exact) mass is 487 g/mol. The predicted octanol–water partition coefficient (Wildman–Crippen LogP) is 5.53. The van der Waals surface area contributed by atoms with E-state index in [0.717, 1.165) is 52.6 Å². The lowest BCUT2D eigenvalue weighted by Crippen LogP contribution is -2.31. The van der Waals surface area contributed by atoms with Crippen molar-refractivity contribution in [1.29, 1.82) is 0 Å². The second kappa shape index (κ2) is 10.1. The molecule has 0 bridgehead atoms. The van der Waals surface area contributed by atoms with E-state index in [1.807, 2.05) is 70.3 Å². The lowest BCUT2D eigenvalue weighted by Gasteiger charge is -2.33. The van der Waals surface area contributed by atoms with Crippen LogP contribution in [0.1, 0.15) is 47.8 Å². The van der Waals surface area contributed by atoms with Crippen molar-refractivity contribution >= 4 is 23.0 Å². The number of ether oxygens (including phenoxy) is 2. The molecule has 1 heterocycles. The molecule has 0 aromatic heterocycles. The van der Waals surface area contributed by atoms with E-state index in [1.165, 1.54) is 0 Å². The average Bonchev–Trinajstić information content (AvgIpc) is 3.17. The molecule has 1 aliphatic heterocycles. The molecule has 0 amide bonds. The summed E-state index contributed by atoms with van der Waals surface area (Å²) in [5.41, 5.74) is 5.10. The first kappa shape index (κ1) is 25.4. The predicted molar refractivity (Wildman–Crippen MR) is 148 cm³/mol. The second-order valence-corrected chi connectivity index (χ2v) is 9.42. The number of anilines is 3. The lowest BCUT2D eigenvalue weighted by atomic mass is 9.79. The Hall–Kier alpha value is -3.67. The van der Waals surface area contributed by atoms with Crippen LogP contribution in [0.3, 0.4) is 0 Å². The molecule has 4 rings (SSSR count). The van der Waals surface area contributed by atoms with Gasteiger partial charge in [-0.1, -0.05) is 18.2 Å². The van der Waals surface area contributed by atoms with Crippen molar-refractivity contribution in [2.24, 2.45) is 0 Å². The molecule has 3 aromatic rings. The Labute approximate surface area is 215 Å². The number of benzene rings is 3. The van der Waals surface area contributed by atoms with Crippen molar-refractivity contribution in [1.82, 2.24) is 0 Å². The number of rotatable bonds is 9. The zero-order valence-electron chi connectivity index (χ0n) is 22.5. The SMILES string of the molecule is CCOc1cc(N(CC)CC)ccc1C1(c2ccc(N(C)C)cc2)OC(=O)c2cc(N(C)C)ccc21. The van der Waals surface area contributed by atoms with Crippen LogP contribution in [0.15, 0.2) is 60.7 Å². The highest BCUT2D eigenvalue weighted by Gasteiger charge is 2.50. The van der Waals surface area contributed by atoms with E-state index in [2.05, 4.69) is 54.0 Å². The quantitative estimate of drug-likeness (QED) is 0.370. The fourth-order valence-corrected chi connectivity index (χ4v) is 4.96. The minimum Gasteiger partial charge on any atom is -0.493 e. The van der Waals surface area contributed by atoms with Crippen LogP contribution >= 0.6 is 0 Å². The molecule has 6 heteroatoms. The van der Waals surface area contributed by atoms with E-state index in [9.17, 15) is 4.79 Å². The maximum absolute atomic E-state index is 13.4. The topological polar surface area (TPSA) is 45.3 Å². The van der Waals surface area contributed by atoms with Crippen molar-refractivity contribution in [2.45, 2.75) is 26.4 Å². The molecule has 3 aromatic carbocycles. The van der Waals surface area contributed by atoms with Crippen LogP contribution in [0.2, 0.25) is 0 Å². The second-order valence-electron chi connectivity index (χ2n) is 9.42. The van der Waals surface area contributed by atoms with Gasteiger partial charge in [-0.25, -0.2) is 4.79 Å². The largest absolute Gasteiger partial charge is 0.493 e. The number of fused-ring (bicyclic) bond motifs is 1. The van der Waals surface area contributed by atoms with Crippen molar-refractivity contribution in [3.63, 3.8) is 0 Å². The van der Waals surface area contributed by atoms with E-state index in [1.54, 1.807) is 0 Å². The minimum atomic E-state index is -1.12. The Morgan fingerprint density at radius 3 is 1.92 bits per heavy atom. The maximum atomic E-state index is 13.4. The zero-order chi connectivity index (χ0) is 26.0. The van der Waals surface area contributed by atoms with Gasteiger partial charge < -0.3 is 24.2 Å². The first-order valence-electron chi connectivity index (χ1n) is 12.6. The third-order valence-electron chi connectivity index (χ3n) is 6.93. The third-order valence-corrected chi connectivity index (χ3v) is 6.93. The summed E-state index contributed by atoms with van der Waals surface area (Å²) in [5, 5.41) is 0. The molecule has 0 saturated carbocycles. The van der Waals surface area contributed by atoms with Crippen molar-refractivity contribution in [3.8, 4) is 5.75 Å². The number of carbonyl (C=O) groups excluding carboxylic acids is 1. The molecule has 36 heavy (non-hydrogen) atoms. The van der Waals surface area contributed by atoms with Gasteiger partial charge in [0, 0.05) is 81.1 Å². The number of carbonyl (C=O) groups is 1. The summed E-state index contributed by atoms with van der Waals surface area (Å²) < 4.78 is 12.6. The van der Waals surface area contributed by atoms with E-state index in [0.29, 0.717) is 12.2 Å². The summed E-state index contributed by atoms with van der Waals surface area (Å²) in [6, 6.07) is 20.4. The molecule has 0 saturated heterocycles. The van der Waals surface area contributed by atoms with E-state index < -0.39 is 5.60 Å². The van der Waals surface area contributed by atoms with Crippen LogP contribution in [0, 0.1) is 0 Å². The summed E-state index contributed by atoms with van der Waals surface area (Å²) in [6.45, 7) is 8.55. The molecule has 0 N–H and O–H groups in total. The number of esters is 1. The summed E-state index contributed by atoms with van der Waals surface area (Å²) >= 11 is 0. The molecule has 0 aliphatic carbocycles. The molecular weight excluding hydrogens is 450 g/mol. The van der Waals surface area contributed by atoms with Gasteiger partial charge in [-0.05, 0) is 57.2 Å². The van der Waals surface area contributed by atoms with Crippen LogP contribution < -0.4 is 19.4 Å². The Balaban J connectivity index is 2.00. The van der Waals surface area contributed by atoms with Crippen LogP contribution in [-0.4, -0.2) is 53.9 Å². The van der Waals surface area contributed by atoms with Gasteiger partial charge in [0.1, 0.15) is 5.75 Å². The first-order valence-corrected chi connectivity index (χ1v) is 12.6. The summed E-state index contributed by atoms with van der Waals surface area (Å²) in [7, 11) is 7.96. The third kappa shape index (κ3) is 4.25. The minimum absolute atomic E-state index is 0.333. The fourth-order valence-electron chi connectivity index (χ4n) is 4.96. The summed E-state index contributed by atoms with van der Waals surface area (Å²) in [5.74, 6) is 0.386. The standard InChI is InChI=1S/C30H37N3O3/c1-8-33(9-2)24-16-18-27(28(20-24)35-10-3)30(21-11-13-22(14-12-21)31(4)5)26-17-15-23(32(6)7)19-25(26)29(34)36-30/h11-20H,8-10H2,1-7H3. The van der Waals surface area contributed by atoms with E-state index >= 15 is 0 Å². The molecule has 1 aliphatic rings. The zero-order valence-corrected chi connectivity index (χ0v) is 22.5. The molecule has 190 valence electrons. The fraction of sp³-hybridized carbons (Fsp3) is 0.367. The molecular formula is C30H37N3O3. The van der Waals surface area contributed by atoms with E-state index in [4.69, 9.17) is 9.47 Å². The van der Waals surface area contributed by atoms with Gasteiger partial charge in [-0.15, -0.1) is 0 Å². The number of hydrogen-bond donors (Lipinski definition) is 0. The number of cyclic esters (lactones) is 1. The van der Waals surface area contributed by atoms with Crippen molar-refractivity contribution < 1.29 is 14.3 Å². The van der Waals surface area contributed by atoms with Gasteiger partial charge >= 0.3 is 5.97 Å². The molecule has 6 nitrogen and oxygen atoms in total. The van der Waals surface area contributed by atoms with Crippen LogP contribution in [0.25, 0.3) is 0 Å². The van der Waals surface area contributed by atoms with E-state index in [-0.39, 0.29) is 5.97 Å². The highest BCUT2D eigenvalue weighted by molar-refractivity contribution is 5.97. The molecule has 0 spiro atoms. The van der Waals surface area contributed by atoms with Crippen LogP contribution in [-0.2, 0) is 10.3 Å². The summed E-state index contributed by atoms with van der Waals surface area (Å²) in [4.78, 5) is 19.7. The molecule has 1 atom stereocenters. The van der Waals surface area contributed by atoms with Crippen LogP contribution in [0.5, 0.6) is 5.75 Å². The normalized spacial score (nSPS) is 16.4. The first-order chi connectivity index (χ1) is 17.3. The van der Waals surface area contributed by atoms with Crippen LogP contribution in [0.4, 0.5) is 17.1 Å². The average molecular weight is 488 g/mol. The highest BCUT2D eigenvalue weighted by atomic mass is 16.6. The molecule has 0 radical (unpaired) electrons. The van der Waals surface area contributed by atoms with Crippen molar-refractivity contribution in [2.75, 3.05) is 62.6 Å². The Morgan fingerprint density at radius 2 is 1.33 bits per heavy atom. The lowest BCUT2D eigenvalue weighted by molar-refractivity contribution is 0.0244. The van der Waals surface area contributed by atoms with Gasteiger partial charge in [0.25, 0.3) is 0 Å². The van der Waals surface area contributed by atoms with Gasteiger partial charge in [-0.3, -0.25) is 0 Å². The Bertz CT molecular complexity index is 1230. The highest BCUT2D eigenvalue weighted by Crippen LogP contribution is 2.51. The Kier molecular flexibility index (Phi) is 7.16. The maximum Gasteiger partial charge on any atom is 0.340 e.